The fourth-order valence-electron chi connectivity index (χ4n) is 2.34. The van der Waals surface area contributed by atoms with E-state index >= 15 is 0 Å². The molecule has 1 unspecified atom stereocenters. The Balaban J connectivity index is 1.88. The number of fused-ring (bicyclic) bond motifs is 1. The van der Waals surface area contributed by atoms with Gasteiger partial charge in [-0.3, -0.25) is 0 Å². The first kappa shape index (κ1) is 9.39. The van der Waals surface area contributed by atoms with Crippen LogP contribution in [0.1, 0.15) is 23.7 Å². The second-order valence-electron chi connectivity index (χ2n) is 4.31. The minimum absolute atomic E-state index is 0.534. The van der Waals surface area contributed by atoms with Crippen LogP contribution in [-0.2, 0) is 13.0 Å². The molecule has 0 fully saturated rings. The Bertz CT molecular complexity index is 503. The van der Waals surface area contributed by atoms with Crippen molar-refractivity contribution < 1.29 is 0 Å². The third-order valence-electron chi connectivity index (χ3n) is 3.21. The lowest BCUT2D eigenvalue weighted by molar-refractivity contribution is 0.456. The van der Waals surface area contributed by atoms with Gasteiger partial charge in [-0.15, -0.1) is 10.2 Å². The van der Waals surface area contributed by atoms with Gasteiger partial charge in [-0.25, -0.2) is 0 Å². The smallest absolute Gasteiger partial charge is 0.132 e. The minimum Gasteiger partial charge on any atom is -0.399 e. The van der Waals surface area contributed by atoms with E-state index in [1.54, 1.807) is 0 Å². The van der Waals surface area contributed by atoms with Gasteiger partial charge in [-0.2, -0.15) is 0 Å². The molecule has 1 atom stereocenters. The van der Waals surface area contributed by atoms with E-state index in [4.69, 9.17) is 5.73 Å². The maximum absolute atomic E-state index is 5.81. The van der Waals surface area contributed by atoms with Gasteiger partial charge >= 0.3 is 0 Å². The summed E-state index contributed by atoms with van der Waals surface area (Å²) in [7, 11) is 0. The molecule has 1 aromatic heterocycles. The Hall–Kier alpha value is -1.84. The molecule has 4 nitrogen and oxygen atoms in total. The predicted molar refractivity (Wildman–Crippen MR) is 61.9 cm³/mol. The summed E-state index contributed by atoms with van der Waals surface area (Å²) in [5.41, 5.74) is 7.97. The molecule has 0 aliphatic carbocycles. The highest BCUT2D eigenvalue weighted by Crippen LogP contribution is 2.28. The summed E-state index contributed by atoms with van der Waals surface area (Å²) >= 11 is 0. The third kappa shape index (κ3) is 1.56. The molecule has 16 heavy (non-hydrogen) atoms. The van der Waals surface area contributed by atoms with Gasteiger partial charge in [0.15, 0.2) is 0 Å². The molecule has 2 aromatic rings. The Kier molecular flexibility index (Phi) is 2.13. The number of aromatic nitrogens is 3. The average Bonchev–Trinajstić information content (AvgIpc) is 2.75. The van der Waals surface area contributed by atoms with E-state index in [1.165, 1.54) is 5.56 Å². The first-order valence-corrected chi connectivity index (χ1v) is 5.55. The van der Waals surface area contributed by atoms with Crippen LogP contribution in [0.25, 0.3) is 0 Å². The number of aryl methyl sites for hydroxylation is 1. The monoisotopic (exact) mass is 214 g/mol. The second kappa shape index (κ2) is 3.63. The van der Waals surface area contributed by atoms with Crippen LogP contribution in [0.5, 0.6) is 0 Å². The molecule has 0 radical (unpaired) electrons. The van der Waals surface area contributed by atoms with Crippen molar-refractivity contribution in [1.29, 1.82) is 0 Å². The van der Waals surface area contributed by atoms with Crippen molar-refractivity contribution in [2.45, 2.75) is 25.3 Å². The van der Waals surface area contributed by atoms with Gasteiger partial charge in [-0.1, -0.05) is 12.1 Å². The number of hydrogen-bond donors (Lipinski definition) is 1. The van der Waals surface area contributed by atoms with Crippen LogP contribution in [0.3, 0.4) is 0 Å². The highest BCUT2D eigenvalue weighted by molar-refractivity contribution is 5.42. The Morgan fingerprint density at radius 3 is 3.19 bits per heavy atom. The average molecular weight is 214 g/mol. The van der Waals surface area contributed by atoms with Crippen molar-refractivity contribution in [2.24, 2.45) is 0 Å². The van der Waals surface area contributed by atoms with E-state index in [0.29, 0.717) is 5.92 Å². The zero-order valence-corrected chi connectivity index (χ0v) is 9.00. The lowest BCUT2D eigenvalue weighted by atomic mass is 9.91. The van der Waals surface area contributed by atoms with Crippen molar-refractivity contribution in [1.82, 2.24) is 14.8 Å². The van der Waals surface area contributed by atoms with Gasteiger partial charge in [0.25, 0.3) is 0 Å². The molecule has 2 N–H and O–H groups in total. The SMILES string of the molecule is Nc1cccc(C2CCc3nncn3C2)c1. The molecule has 1 aliphatic heterocycles. The summed E-state index contributed by atoms with van der Waals surface area (Å²) in [5, 5.41) is 8.03. The number of anilines is 1. The van der Waals surface area contributed by atoms with Crippen LogP contribution in [0.2, 0.25) is 0 Å². The summed E-state index contributed by atoms with van der Waals surface area (Å²) in [6.07, 6.45) is 3.94. The first-order chi connectivity index (χ1) is 7.83. The normalized spacial score (nSPS) is 19.4. The number of hydrogen-bond acceptors (Lipinski definition) is 3. The number of nitrogen functional groups attached to an aromatic ring is 1. The molecule has 0 bridgehead atoms. The number of benzene rings is 1. The van der Waals surface area contributed by atoms with Gasteiger partial charge in [0.2, 0.25) is 0 Å². The van der Waals surface area contributed by atoms with Crippen LogP contribution < -0.4 is 5.73 Å². The van der Waals surface area contributed by atoms with Crippen LogP contribution in [0.15, 0.2) is 30.6 Å². The van der Waals surface area contributed by atoms with E-state index in [2.05, 4.69) is 26.9 Å². The van der Waals surface area contributed by atoms with Gasteiger partial charge < -0.3 is 10.3 Å². The fourth-order valence-corrected chi connectivity index (χ4v) is 2.34. The maximum Gasteiger partial charge on any atom is 0.132 e. The predicted octanol–water partition coefficient (Wildman–Crippen LogP) is 1.59. The largest absolute Gasteiger partial charge is 0.399 e. The van der Waals surface area contributed by atoms with Crippen molar-refractivity contribution in [3.63, 3.8) is 0 Å². The molecule has 4 heteroatoms. The molecular weight excluding hydrogens is 200 g/mol. The van der Waals surface area contributed by atoms with E-state index in [0.717, 1.165) is 30.9 Å². The molecule has 2 heterocycles. The van der Waals surface area contributed by atoms with Crippen LogP contribution >= 0.6 is 0 Å². The Morgan fingerprint density at radius 2 is 2.31 bits per heavy atom. The summed E-state index contributed by atoms with van der Waals surface area (Å²) in [4.78, 5) is 0. The topological polar surface area (TPSA) is 56.7 Å². The Labute approximate surface area is 94.1 Å². The number of rotatable bonds is 1. The zero-order chi connectivity index (χ0) is 11.0. The molecule has 0 amide bonds. The summed E-state index contributed by atoms with van der Waals surface area (Å²) in [6.45, 7) is 0.964. The zero-order valence-electron chi connectivity index (χ0n) is 9.00. The molecule has 0 spiro atoms. The summed E-state index contributed by atoms with van der Waals surface area (Å²) in [6, 6.07) is 8.17. The van der Waals surface area contributed by atoms with Gasteiger partial charge in [0, 0.05) is 24.6 Å². The molecule has 82 valence electrons. The second-order valence-corrected chi connectivity index (χ2v) is 4.31. The maximum atomic E-state index is 5.81. The van der Waals surface area contributed by atoms with Crippen molar-refractivity contribution in [3.8, 4) is 0 Å². The van der Waals surface area contributed by atoms with Gasteiger partial charge in [0.05, 0.1) is 0 Å². The molecule has 0 saturated carbocycles. The first-order valence-electron chi connectivity index (χ1n) is 5.55. The van der Waals surface area contributed by atoms with E-state index in [1.807, 2.05) is 18.5 Å². The van der Waals surface area contributed by atoms with Gasteiger partial charge in [-0.05, 0) is 24.1 Å². The highest BCUT2D eigenvalue weighted by atomic mass is 15.3. The summed E-state index contributed by atoms with van der Waals surface area (Å²) < 4.78 is 2.14. The number of nitrogens with two attached hydrogens (primary N) is 1. The molecule has 1 aliphatic rings. The third-order valence-corrected chi connectivity index (χ3v) is 3.21. The lowest BCUT2D eigenvalue weighted by Gasteiger charge is -2.23. The Morgan fingerprint density at radius 1 is 1.38 bits per heavy atom. The molecule has 3 rings (SSSR count). The van der Waals surface area contributed by atoms with Gasteiger partial charge in [0.1, 0.15) is 12.2 Å². The molecule has 0 saturated heterocycles. The van der Waals surface area contributed by atoms with Crippen molar-refractivity contribution in [2.75, 3.05) is 5.73 Å². The van der Waals surface area contributed by atoms with E-state index in [-0.39, 0.29) is 0 Å². The fraction of sp³-hybridized carbons (Fsp3) is 0.333. The van der Waals surface area contributed by atoms with Crippen LogP contribution in [0.4, 0.5) is 5.69 Å². The van der Waals surface area contributed by atoms with Crippen molar-refractivity contribution >= 4 is 5.69 Å². The van der Waals surface area contributed by atoms with E-state index in [9.17, 15) is 0 Å². The lowest BCUT2D eigenvalue weighted by Crippen LogP contribution is -2.18. The number of nitrogens with zero attached hydrogens (tertiary/aromatic N) is 3. The highest BCUT2D eigenvalue weighted by Gasteiger charge is 2.20. The molecular formula is C12H14N4. The standard InChI is InChI=1S/C12H14N4/c13-11-3-1-2-9(6-11)10-4-5-12-15-14-8-16(12)7-10/h1-3,6,8,10H,4-5,7,13H2. The minimum atomic E-state index is 0.534. The van der Waals surface area contributed by atoms with Crippen LogP contribution in [0, 0.1) is 0 Å². The molecule has 1 aromatic carbocycles. The quantitative estimate of drug-likeness (QED) is 0.733. The van der Waals surface area contributed by atoms with Crippen molar-refractivity contribution in [3.05, 3.63) is 42.0 Å². The van der Waals surface area contributed by atoms with E-state index < -0.39 is 0 Å². The summed E-state index contributed by atoms with van der Waals surface area (Å²) in [5.74, 6) is 1.63. The van der Waals surface area contributed by atoms with Crippen LogP contribution in [-0.4, -0.2) is 14.8 Å².